The average molecular weight is 383 g/mol. The first-order valence-corrected chi connectivity index (χ1v) is 8.94. The van der Waals surface area contributed by atoms with Crippen molar-refractivity contribution < 1.29 is 9.53 Å². The van der Waals surface area contributed by atoms with Crippen molar-refractivity contribution in [2.24, 2.45) is 4.99 Å². The molecule has 2 aromatic carbocycles. The van der Waals surface area contributed by atoms with Crippen LogP contribution >= 0.6 is 22.9 Å². The van der Waals surface area contributed by atoms with Crippen LogP contribution in [-0.4, -0.2) is 17.6 Å². The molecule has 1 aromatic heterocycles. The normalized spacial score (nSPS) is 11.8. The van der Waals surface area contributed by atoms with Gasteiger partial charge in [-0.25, -0.2) is 0 Å². The lowest BCUT2D eigenvalue weighted by Gasteiger charge is -2.01. The zero-order valence-electron chi connectivity index (χ0n) is 14.0. The van der Waals surface area contributed by atoms with Gasteiger partial charge in [-0.05, 0) is 35.9 Å². The summed E-state index contributed by atoms with van der Waals surface area (Å²) in [6.07, 6.45) is 8.52. The third-order valence-corrected chi connectivity index (χ3v) is 5.04. The van der Waals surface area contributed by atoms with E-state index in [0.29, 0.717) is 16.4 Å². The fourth-order valence-corrected chi connectivity index (χ4v) is 3.67. The second-order valence-electron chi connectivity index (χ2n) is 5.31. The number of thiazole rings is 1. The fourth-order valence-electron chi connectivity index (χ4n) is 2.41. The standard InChI is InChI=1S/C20H15ClN2O2S/c1-3-12-23-17-10-9-15(25-2)13-18(17)26-20(23)22-19(24)11-8-14-6-4-5-7-16(14)21/h1,4-11,13H,12H2,2H3/b11-8+,22-20?. The minimum absolute atomic E-state index is 0.326. The molecular formula is C20H15ClN2O2S. The molecule has 4 nitrogen and oxygen atoms in total. The fraction of sp³-hybridized carbons (Fsp3) is 0.100. The number of amides is 1. The van der Waals surface area contributed by atoms with Gasteiger partial charge in [0.2, 0.25) is 0 Å². The summed E-state index contributed by atoms with van der Waals surface area (Å²) >= 11 is 7.47. The number of aromatic nitrogens is 1. The Morgan fingerprint density at radius 2 is 2.19 bits per heavy atom. The van der Waals surface area contributed by atoms with Gasteiger partial charge in [-0.1, -0.05) is 47.1 Å². The Bertz CT molecular complexity index is 1100. The maximum atomic E-state index is 12.3. The van der Waals surface area contributed by atoms with E-state index in [2.05, 4.69) is 10.9 Å². The third-order valence-electron chi connectivity index (χ3n) is 3.66. The van der Waals surface area contributed by atoms with Crippen LogP contribution in [0.5, 0.6) is 5.75 Å². The van der Waals surface area contributed by atoms with Crippen LogP contribution in [0.1, 0.15) is 5.56 Å². The number of benzene rings is 2. The molecule has 0 spiro atoms. The summed E-state index contributed by atoms with van der Waals surface area (Å²) in [4.78, 5) is 17.0. The molecule has 130 valence electrons. The van der Waals surface area contributed by atoms with Gasteiger partial charge in [-0.3, -0.25) is 4.79 Å². The molecule has 6 heteroatoms. The first-order chi connectivity index (χ1) is 12.6. The Kier molecular flexibility index (Phi) is 5.57. The highest BCUT2D eigenvalue weighted by Crippen LogP contribution is 2.23. The minimum atomic E-state index is -0.380. The van der Waals surface area contributed by atoms with E-state index in [0.717, 1.165) is 21.5 Å². The molecule has 0 aliphatic carbocycles. The van der Waals surface area contributed by atoms with Gasteiger partial charge in [0.25, 0.3) is 5.91 Å². The molecule has 0 atom stereocenters. The maximum absolute atomic E-state index is 12.3. The lowest BCUT2D eigenvalue weighted by Crippen LogP contribution is -2.15. The van der Waals surface area contributed by atoms with Crippen LogP contribution in [0.25, 0.3) is 16.3 Å². The van der Waals surface area contributed by atoms with Gasteiger partial charge in [-0.2, -0.15) is 4.99 Å². The highest BCUT2D eigenvalue weighted by molar-refractivity contribution is 7.16. The third kappa shape index (κ3) is 3.88. The van der Waals surface area contributed by atoms with E-state index in [1.165, 1.54) is 17.4 Å². The van der Waals surface area contributed by atoms with Crippen LogP contribution in [0.15, 0.2) is 53.5 Å². The molecule has 0 fully saturated rings. The lowest BCUT2D eigenvalue weighted by atomic mass is 10.2. The molecular weight excluding hydrogens is 368 g/mol. The van der Waals surface area contributed by atoms with E-state index in [9.17, 15) is 4.79 Å². The molecule has 0 aliphatic heterocycles. The zero-order chi connectivity index (χ0) is 18.5. The Morgan fingerprint density at radius 3 is 2.92 bits per heavy atom. The number of rotatable bonds is 4. The summed E-state index contributed by atoms with van der Waals surface area (Å²) in [5, 5.41) is 0.577. The van der Waals surface area contributed by atoms with Crippen molar-refractivity contribution in [3.8, 4) is 18.1 Å². The van der Waals surface area contributed by atoms with Gasteiger partial charge in [0.1, 0.15) is 5.75 Å². The van der Waals surface area contributed by atoms with Crippen LogP contribution in [0.2, 0.25) is 5.02 Å². The molecule has 1 heterocycles. The van der Waals surface area contributed by atoms with E-state index in [4.69, 9.17) is 22.8 Å². The van der Waals surface area contributed by atoms with Gasteiger partial charge in [-0.15, -0.1) is 6.42 Å². The number of halogens is 1. The largest absolute Gasteiger partial charge is 0.497 e. The van der Waals surface area contributed by atoms with Crippen LogP contribution in [0, 0.1) is 12.3 Å². The molecule has 3 aromatic rings. The predicted octanol–water partition coefficient (Wildman–Crippen LogP) is 4.14. The Labute approximate surface area is 160 Å². The van der Waals surface area contributed by atoms with Crippen LogP contribution in [0.3, 0.4) is 0 Å². The molecule has 1 amide bonds. The minimum Gasteiger partial charge on any atom is -0.497 e. The molecule has 0 radical (unpaired) electrons. The van der Waals surface area contributed by atoms with E-state index in [1.807, 2.05) is 41.0 Å². The van der Waals surface area contributed by atoms with Crippen molar-refractivity contribution in [1.29, 1.82) is 0 Å². The van der Waals surface area contributed by atoms with Crippen molar-refractivity contribution in [1.82, 2.24) is 4.57 Å². The number of nitrogens with zero attached hydrogens (tertiary/aromatic N) is 2. The summed E-state index contributed by atoms with van der Waals surface area (Å²) in [7, 11) is 1.61. The first kappa shape index (κ1) is 18.0. The summed E-state index contributed by atoms with van der Waals surface area (Å²) in [5.41, 5.74) is 1.67. The van der Waals surface area contributed by atoms with Crippen molar-refractivity contribution in [3.05, 3.63) is 63.9 Å². The summed E-state index contributed by atoms with van der Waals surface area (Å²) in [6.45, 7) is 0.326. The number of carbonyl (C=O) groups excluding carboxylic acids is 1. The second-order valence-corrected chi connectivity index (χ2v) is 6.73. The average Bonchev–Trinajstić information content (AvgIpc) is 2.97. The molecule has 0 saturated carbocycles. The number of methoxy groups -OCH3 is 1. The SMILES string of the molecule is C#CCn1c(=NC(=O)/C=C/c2ccccc2Cl)sc2cc(OC)ccc21. The Balaban J connectivity index is 2.00. The summed E-state index contributed by atoms with van der Waals surface area (Å²) in [5.74, 6) is 2.96. The Hall–Kier alpha value is -2.81. The van der Waals surface area contributed by atoms with Gasteiger partial charge < -0.3 is 9.30 Å². The molecule has 0 saturated heterocycles. The molecule has 0 bridgehead atoms. The zero-order valence-corrected chi connectivity index (χ0v) is 15.6. The number of terminal acetylenes is 1. The second kappa shape index (κ2) is 8.05. The van der Waals surface area contributed by atoms with Crippen molar-refractivity contribution in [2.45, 2.75) is 6.54 Å². The Morgan fingerprint density at radius 1 is 1.38 bits per heavy atom. The van der Waals surface area contributed by atoms with Crippen molar-refractivity contribution in [3.63, 3.8) is 0 Å². The summed E-state index contributed by atoms with van der Waals surface area (Å²) < 4.78 is 8.03. The highest BCUT2D eigenvalue weighted by Gasteiger charge is 2.07. The highest BCUT2D eigenvalue weighted by atomic mass is 35.5. The van der Waals surface area contributed by atoms with E-state index < -0.39 is 0 Å². The number of hydrogen-bond acceptors (Lipinski definition) is 3. The summed E-state index contributed by atoms with van der Waals surface area (Å²) in [6, 6.07) is 12.9. The van der Waals surface area contributed by atoms with E-state index in [1.54, 1.807) is 19.3 Å². The molecule has 0 unspecified atom stereocenters. The number of hydrogen-bond donors (Lipinski definition) is 0. The van der Waals surface area contributed by atoms with Gasteiger partial charge in [0.15, 0.2) is 4.80 Å². The van der Waals surface area contributed by atoms with Crippen molar-refractivity contribution in [2.75, 3.05) is 7.11 Å². The number of ether oxygens (including phenoxy) is 1. The molecule has 26 heavy (non-hydrogen) atoms. The van der Waals surface area contributed by atoms with Gasteiger partial charge in [0.05, 0.1) is 23.9 Å². The van der Waals surface area contributed by atoms with Crippen molar-refractivity contribution >= 4 is 45.1 Å². The van der Waals surface area contributed by atoms with Gasteiger partial charge >= 0.3 is 0 Å². The predicted molar refractivity (Wildman–Crippen MR) is 106 cm³/mol. The first-order valence-electron chi connectivity index (χ1n) is 7.74. The molecule has 3 rings (SSSR count). The quantitative estimate of drug-likeness (QED) is 0.502. The van der Waals surface area contributed by atoms with Crippen LogP contribution < -0.4 is 9.54 Å². The number of carbonyl (C=O) groups is 1. The maximum Gasteiger partial charge on any atom is 0.272 e. The van der Waals surface area contributed by atoms with Crippen LogP contribution in [0.4, 0.5) is 0 Å². The monoisotopic (exact) mass is 382 g/mol. The van der Waals surface area contributed by atoms with E-state index in [-0.39, 0.29) is 5.91 Å². The van der Waals surface area contributed by atoms with E-state index >= 15 is 0 Å². The topological polar surface area (TPSA) is 43.6 Å². The van der Waals surface area contributed by atoms with Gasteiger partial charge in [0, 0.05) is 11.1 Å². The molecule has 0 aliphatic rings. The van der Waals surface area contributed by atoms with Crippen LogP contribution in [-0.2, 0) is 11.3 Å². The molecule has 0 N–H and O–H groups in total. The lowest BCUT2D eigenvalue weighted by molar-refractivity contribution is -0.113. The number of fused-ring (bicyclic) bond motifs is 1. The smallest absolute Gasteiger partial charge is 0.272 e.